The molecule has 6 nitrogen and oxygen atoms in total. The summed E-state index contributed by atoms with van der Waals surface area (Å²) in [5, 5.41) is 12.1. The number of aromatic nitrogens is 3. The molecule has 1 unspecified atom stereocenters. The van der Waals surface area contributed by atoms with Crippen molar-refractivity contribution in [1.82, 2.24) is 14.8 Å². The predicted octanol–water partition coefficient (Wildman–Crippen LogP) is 4.82. The smallest absolute Gasteiger partial charge is 0.237 e. The van der Waals surface area contributed by atoms with Crippen LogP contribution in [0.4, 0.5) is 11.4 Å². The summed E-state index contributed by atoms with van der Waals surface area (Å²) >= 11 is 4.83. The summed E-state index contributed by atoms with van der Waals surface area (Å²) in [6.45, 7) is 4.74. The van der Waals surface area contributed by atoms with E-state index in [1.807, 2.05) is 66.9 Å². The standard InChI is InChI=1S/C20H22BrN5OS/c1-3-17(19(27)23-16-11-7-14(21)8-12-16)28-20-25-24-18(26(20)4-2)13-5-9-15(22)10-6-13/h5-12,17H,3-4,22H2,1-2H3,(H,23,27). The number of benzene rings is 2. The maximum absolute atomic E-state index is 12.7. The number of thioether (sulfide) groups is 1. The number of nitrogens with one attached hydrogen (secondary N) is 1. The fourth-order valence-corrected chi connectivity index (χ4v) is 3.99. The summed E-state index contributed by atoms with van der Waals surface area (Å²) in [6, 6.07) is 15.1. The molecule has 0 radical (unpaired) electrons. The highest BCUT2D eigenvalue weighted by molar-refractivity contribution is 9.10. The molecule has 3 rings (SSSR count). The molecule has 146 valence electrons. The minimum Gasteiger partial charge on any atom is -0.399 e. The van der Waals surface area contributed by atoms with Crippen LogP contribution in [0.25, 0.3) is 11.4 Å². The first kappa shape index (κ1) is 20.4. The van der Waals surface area contributed by atoms with Gasteiger partial charge in [-0.25, -0.2) is 0 Å². The average molecular weight is 460 g/mol. The number of amides is 1. The fourth-order valence-electron chi connectivity index (χ4n) is 2.71. The van der Waals surface area contributed by atoms with E-state index in [0.717, 1.165) is 26.7 Å². The first-order chi connectivity index (χ1) is 13.5. The highest BCUT2D eigenvalue weighted by Gasteiger charge is 2.22. The second-order valence-electron chi connectivity index (χ2n) is 6.18. The zero-order valence-corrected chi connectivity index (χ0v) is 18.1. The molecule has 0 aliphatic carbocycles. The molecular formula is C20H22BrN5OS. The second kappa shape index (κ2) is 9.25. The third-order valence-electron chi connectivity index (χ3n) is 4.22. The monoisotopic (exact) mass is 459 g/mol. The Morgan fingerprint density at radius 3 is 2.43 bits per heavy atom. The van der Waals surface area contributed by atoms with Crippen molar-refractivity contribution in [1.29, 1.82) is 0 Å². The molecule has 1 aromatic heterocycles. The van der Waals surface area contributed by atoms with Gasteiger partial charge in [0.25, 0.3) is 0 Å². The minimum atomic E-state index is -0.266. The van der Waals surface area contributed by atoms with Crippen molar-refractivity contribution in [3.05, 3.63) is 53.0 Å². The number of nitrogens with two attached hydrogens (primary N) is 1. The van der Waals surface area contributed by atoms with Gasteiger partial charge in [0.1, 0.15) is 0 Å². The van der Waals surface area contributed by atoms with Crippen LogP contribution in [0, 0.1) is 0 Å². The zero-order chi connectivity index (χ0) is 20.1. The van der Waals surface area contributed by atoms with Crippen LogP contribution in [0.1, 0.15) is 20.3 Å². The molecular weight excluding hydrogens is 438 g/mol. The van der Waals surface area contributed by atoms with Crippen LogP contribution in [0.15, 0.2) is 58.2 Å². The summed E-state index contributed by atoms with van der Waals surface area (Å²) in [7, 11) is 0. The molecule has 28 heavy (non-hydrogen) atoms. The predicted molar refractivity (Wildman–Crippen MR) is 118 cm³/mol. The van der Waals surface area contributed by atoms with Crippen LogP contribution in [0.3, 0.4) is 0 Å². The molecule has 1 amide bonds. The van der Waals surface area contributed by atoms with Crippen LogP contribution >= 0.6 is 27.7 Å². The van der Waals surface area contributed by atoms with Crippen molar-refractivity contribution in [2.45, 2.75) is 37.2 Å². The molecule has 0 saturated carbocycles. The van der Waals surface area contributed by atoms with Crippen LogP contribution < -0.4 is 11.1 Å². The van der Waals surface area contributed by atoms with Crippen LogP contribution in [-0.2, 0) is 11.3 Å². The largest absolute Gasteiger partial charge is 0.399 e. The van der Waals surface area contributed by atoms with Crippen LogP contribution in [0.5, 0.6) is 0 Å². The lowest BCUT2D eigenvalue weighted by atomic mass is 10.2. The van der Waals surface area contributed by atoms with Gasteiger partial charge in [0, 0.05) is 28.0 Å². The van der Waals surface area contributed by atoms with Crippen molar-refractivity contribution in [2.24, 2.45) is 0 Å². The maximum atomic E-state index is 12.7. The number of halogens is 1. The van der Waals surface area contributed by atoms with E-state index in [9.17, 15) is 4.79 Å². The Hall–Kier alpha value is -2.32. The first-order valence-corrected chi connectivity index (χ1v) is 10.7. The van der Waals surface area contributed by atoms with E-state index in [-0.39, 0.29) is 11.2 Å². The van der Waals surface area contributed by atoms with Gasteiger partial charge in [0.05, 0.1) is 5.25 Å². The lowest BCUT2D eigenvalue weighted by molar-refractivity contribution is -0.115. The normalized spacial score (nSPS) is 12.0. The van der Waals surface area contributed by atoms with Gasteiger partial charge in [0.15, 0.2) is 11.0 Å². The third-order valence-corrected chi connectivity index (χ3v) is 6.10. The van der Waals surface area contributed by atoms with Crippen molar-refractivity contribution >= 4 is 45.0 Å². The summed E-state index contributed by atoms with van der Waals surface area (Å²) in [6.07, 6.45) is 0.681. The van der Waals surface area contributed by atoms with Gasteiger partial charge < -0.3 is 15.6 Å². The van der Waals surface area contributed by atoms with Gasteiger partial charge in [-0.15, -0.1) is 10.2 Å². The maximum Gasteiger partial charge on any atom is 0.237 e. The number of hydrogen-bond acceptors (Lipinski definition) is 5. The van der Waals surface area contributed by atoms with Crippen LogP contribution in [0.2, 0.25) is 0 Å². The number of carbonyl (C=O) groups is 1. The lowest BCUT2D eigenvalue weighted by Crippen LogP contribution is -2.25. The highest BCUT2D eigenvalue weighted by Crippen LogP contribution is 2.29. The molecule has 0 bridgehead atoms. The Morgan fingerprint density at radius 1 is 1.14 bits per heavy atom. The number of hydrogen-bond donors (Lipinski definition) is 2. The van der Waals surface area contributed by atoms with E-state index in [1.54, 1.807) is 0 Å². The molecule has 1 atom stereocenters. The van der Waals surface area contributed by atoms with Crippen molar-refractivity contribution in [3.8, 4) is 11.4 Å². The second-order valence-corrected chi connectivity index (χ2v) is 8.27. The average Bonchev–Trinajstić information content (AvgIpc) is 3.11. The number of anilines is 2. The molecule has 0 fully saturated rings. The van der Waals surface area contributed by atoms with Crippen molar-refractivity contribution in [3.63, 3.8) is 0 Å². The molecule has 0 spiro atoms. The molecule has 3 N–H and O–H groups in total. The number of carbonyl (C=O) groups excluding carboxylic acids is 1. The Labute approximate surface area is 177 Å². The summed E-state index contributed by atoms with van der Waals surface area (Å²) < 4.78 is 2.99. The van der Waals surface area contributed by atoms with Gasteiger partial charge in [-0.2, -0.15) is 0 Å². The molecule has 0 aliphatic heterocycles. The van der Waals surface area contributed by atoms with Crippen LogP contribution in [-0.4, -0.2) is 25.9 Å². The lowest BCUT2D eigenvalue weighted by Gasteiger charge is -2.15. The van der Waals surface area contributed by atoms with Gasteiger partial charge in [-0.3, -0.25) is 4.79 Å². The van der Waals surface area contributed by atoms with Crippen molar-refractivity contribution < 1.29 is 4.79 Å². The topological polar surface area (TPSA) is 85.8 Å². The van der Waals surface area contributed by atoms with Gasteiger partial charge >= 0.3 is 0 Å². The third kappa shape index (κ3) is 4.74. The van der Waals surface area contributed by atoms with Gasteiger partial charge in [-0.05, 0) is 61.9 Å². The fraction of sp³-hybridized carbons (Fsp3) is 0.250. The molecule has 8 heteroatoms. The van der Waals surface area contributed by atoms with Gasteiger partial charge in [-0.1, -0.05) is 34.6 Å². The Kier molecular flexibility index (Phi) is 6.74. The van der Waals surface area contributed by atoms with E-state index in [1.165, 1.54) is 11.8 Å². The SMILES string of the molecule is CCC(Sc1nnc(-c2ccc(N)cc2)n1CC)C(=O)Nc1ccc(Br)cc1. The molecule has 2 aromatic carbocycles. The summed E-state index contributed by atoms with van der Waals surface area (Å²) in [5.41, 5.74) is 8.20. The number of nitrogen functional groups attached to an aromatic ring is 1. The Bertz CT molecular complexity index is 940. The first-order valence-electron chi connectivity index (χ1n) is 9.04. The number of nitrogens with zero attached hydrogens (tertiary/aromatic N) is 3. The number of rotatable bonds is 7. The molecule has 0 aliphatic rings. The van der Waals surface area contributed by atoms with E-state index in [4.69, 9.17) is 5.73 Å². The molecule has 3 aromatic rings. The van der Waals surface area contributed by atoms with Gasteiger partial charge in [0.2, 0.25) is 5.91 Å². The van der Waals surface area contributed by atoms with E-state index in [2.05, 4.69) is 31.4 Å². The summed E-state index contributed by atoms with van der Waals surface area (Å²) in [5.74, 6) is 0.725. The van der Waals surface area contributed by atoms with Crippen molar-refractivity contribution in [2.75, 3.05) is 11.1 Å². The highest BCUT2D eigenvalue weighted by atomic mass is 79.9. The molecule has 0 saturated heterocycles. The Morgan fingerprint density at radius 2 is 1.82 bits per heavy atom. The van der Waals surface area contributed by atoms with E-state index < -0.39 is 0 Å². The Balaban J connectivity index is 1.78. The quantitative estimate of drug-likeness (QED) is 0.390. The summed E-state index contributed by atoms with van der Waals surface area (Å²) in [4.78, 5) is 12.7. The zero-order valence-electron chi connectivity index (χ0n) is 15.7. The molecule has 1 heterocycles. The minimum absolute atomic E-state index is 0.0467. The van der Waals surface area contributed by atoms with E-state index in [0.29, 0.717) is 18.7 Å². The van der Waals surface area contributed by atoms with E-state index >= 15 is 0 Å².